The summed E-state index contributed by atoms with van der Waals surface area (Å²) in [5, 5.41) is 1.11. The minimum Gasteiger partial charge on any atom is -0.480 e. The van der Waals surface area contributed by atoms with Crippen LogP contribution in [0, 0.1) is 6.92 Å². The Hall–Kier alpha value is -2.21. The summed E-state index contributed by atoms with van der Waals surface area (Å²) in [6, 6.07) is 6.17. The van der Waals surface area contributed by atoms with Gasteiger partial charge in [-0.15, -0.1) is 0 Å². The van der Waals surface area contributed by atoms with Crippen LogP contribution in [-0.4, -0.2) is 63.8 Å². The predicted molar refractivity (Wildman–Crippen MR) is 141 cm³/mol. The Morgan fingerprint density at radius 2 is 1.91 bits per heavy atom. The molecule has 176 valence electrons. The number of hydrogen-bond acceptors (Lipinski definition) is 7. The maximum Gasteiger partial charge on any atom is 0.410 e. The molecule has 0 atom stereocenters. The molecule has 8 nitrogen and oxygen atoms in total. The van der Waals surface area contributed by atoms with Crippen molar-refractivity contribution in [3.63, 3.8) is 0 Å². The zero-order valence-electron chi connectivity index (χ0n) is 19.5. The minimum absolute atomic E-state index is 0.268. The van der Waals surface area contributed by atoms with Crippen molar-refractivity contribution in [1.82, 2.24) is 18.8 Å². The van der Waals surface area contributed by atoms with E-state index in [-0.39, 0.29) is 6.09 Å². The van der Waals surface area contributed by atoms with Gasteiger partial charge in [0.2, 0.25) is 5.88 Å². The van der Waals surface area contributed by atoms with Gasteiger partial charge in [-0.2, -0.15) is 4.98 Å². The second-order valence-electron chi connectivity index (χ2n) is 8.98. The maximum absolute atomic E-state index is 12.3. The van der Waals surface area contributed by atoms with Crippen LogP contribution in [0.4, 0.5) is 10.6 Å². The number of amides is 1. The van der Waals surface area contributed by atoms with Gasteiger partial charge in [0.15, 0.2) is 5.65 Å². The Morgan fingerprint density at radius 1 is 1.18 bits per heavy atom. The number of rotatable bonds is 4. The lowest BCUT2D eigenvalue weighted by atomic mass is 10.1. The first-order valence-electron chi connectivity index (χ1n) is 10.7. The third kappa shape index (κ3) is 5.16. The molecular weight excluding hydrogens is 553 g/mol. The molecule has 0 bridgehead atoms. The summed E-state index contributed by atoms with van der Waals surface area (Å²) in [7, 11) is 3.24. The largest absolute Gasteiger partial charge is 0.480 e. The van der Waals surface area contributed by atoms with Crippen molar-refractivity contribution >= 4 is 53.3 Å². The number of halogens is 1. The number of fused-ring (bicyclic) bond motifs is 1. The van der Waals surface area contributed by atoms with Crippen LogP contribution < -0.4 is 9.64 Å². The van der Waals surface area contributed by atoms with E-state index in [9.17, 15) is 4.79 Å². The first-order valence-corrected chi connectivity index (χ1v) is 14.1. The van der Waals surface area contributed by atoms with E-state index < -0.39 is 5.60 Å². The van der Waals surface area contributed by atoms with Crippen LogP contribution in [0.5, 0.6) is 5.88 Å². The van der Waals surface area contributed by atoms with Gasteiger partial charge in [-0.3, -0.25) is 3.97 Å². The first-order chi connectivity index (χ1) is 15.7. The molecule has 1 saturated heterocycles. The quantitative estimate of drug-likeness (QED) is 0.387. The molecule has 4 heterocycles. The topological polar surface area (TPSA) is 72.7 Å². The van der Waals surface area contributed by atoms with Crippen LogP contribution in [0.25, 0.3) is 22.2 Å². The smallest absolute Gasteiger partial charge is 0.410 e. The maximum atomic E-state index is 12.3. The van der Waals surface area contributed by atoms with Gasteiger partial charge in [-0.1, -0.05) is 0 Å². The summed E-state index contributed by atoms with van der Waals surface area (Å²) >= 11 is 2.26. The highest BCUT2D eigenvalue weighted by molar-refractivity contribution is 14.2. The molecule has 4 rings (SSSR count). The second-order valence-corrected chi connectivity index (χ2v) is 10.7. The Labute approximate surface area is 210 Å². The minimum atomic E-state index is -0.493. The summed E-state index contributed by atoms with van der Waals surface area (Å²) in [5.41, 5.74) is 3.49. The van der Waals surface area contributed by atoms with Gasteiger partial charge in [0.1, 0.15) is 11.4 Å². The van der Waals surface area contributed by atoms with Crippen LogP contribution in [0.3, 0.4) is 0 Å². The molecule has 10 heteroatoms. The fourth-order valence-electron chi connectivity index (χ4n) is 3.86. The van der Waals surface area contributed by atoms with Gasteiger partial charge < -0.3 is 19.3 Å². The number of methoxy groups -OCH3 is 1. The number of carbonyl (C=O) groups excluding carboxylic acids is 1. The number of pyridine rings is 2. The Kier molecular flexibility index (Phi) is 6.94. The molecule has 0 unspecified atom stereocenters. The summed E-state index contributed by atoms with van der Waals surface area (Å²) in [4.78, 5) is 25.7. The van der Waals surface area contributed by atoms with Crippen molar-refractivity contribution in [2.24, 2.45) is 0 Å². The predicted octanol–water partition coefficient (Wildman–Crippen LogP) is 5.32. The molecule has 3 aromatic rings. The van der Waals surface area contributed by atoms with E-state index in [1.54, 1.807) is 21.1 Å². The Morgan fingerprint density at radius 3 is 2.55 bits per heavy atom. The number of anilines is 1. The highest BCUT2D eigenvalue weighted by Gasteiger charge is 2.26. The van der Waals surface area contributed by atoms with E-state index in [4.69, 9.17) is 14.5 Å². The van der Waals surface area contributed by atoms with Crippen molar-refractivity contribution in [3.05, 3.63) is 36.2 Å². The fraction of sp³-hybridized carbons (Fsp3) is 0.435. The van der Waals surface area contributed by atoms with Crippen molar-refractivity contribution in [1.29, 1.82) is 0 Å². The van der Waals surface area contributed by atoms with Gasteiger partial charge >= 0.3 is 6.09 Å². The molecule has 1 aliphatic rings. The third-order valence-electron chi connectivity index (χ3n) is 5.49. The SMILES string of the molecule is COc1nc(N2CCN(C(=O)OC(C)(C)C)CC2)ccc1-c1cnc2c(c1)c(C)cn2SI. The van der Waals surface area contributed by atoms with Crippen molar-refractivity contribution in [2.75, 3.05) is 38.2 Å². The molecule has 0 aromatic carbocycles. The molecule has 3 aromatic heterocycles. The van der Waals surface area contributed by atoms with E-state index in [1.165, 1.54) is 5.56 Å². The molecule has 0 N–H and O–H groups in total. The Bertz CT molecular complexity index is 1170. The van der Waals surface area contributed by atoms with E-state index in [0.29, 0.717) is 32.1 Å². The normalized spacial score (nSPS) is 14.6. The zero-order valence-corrected chi connectivity index (χ0v) is 22.4. The van der Waals surface area contributed by atoms with Gasteiger partial charge in [0, 0.05) is 85.4 Å². The van der Waals surface area contributed by atoms with Gasteiger partial charge in [0.05, 0.1) is 7.11 Å². The van der Waals surface area contributed by atoms with E-state index >= 15 is 0 Å². The van der Waals surface area contributed by atoms with E-state index in [0.717, 1.165) is 28.0 Å². The van der Waals surface area contributed by atoms with Crippen LogP contribution in [-0.2, 0) is 4.74 Å². The van der Waals surface area contributed by atoms with Crippen LogP contribution >= 0.6 is 30.3 Å². The summed E-state index contributed by atoms with van der Waals surface area (Å²) in [6.07, 6.45) is 3.69. The number of nitrogens with zero attached hydrogens (tertiary/aromatic N) is 5. The Balaban J connectivity index is 1.53. The number of ether oxygens (including phenoxy) is 2. The summed E-state index contributed by atoms with van der Waals surface area (Å²) < 4.78 is 13.2. The second kappa shape index (κ2) is 9.57. The molecule has 0 radical (unpaired) electrons. The van der Waals surface area contributed by atoms with Crippen molar-refractivity contribution in [3.8, 4) is 17.0 Å². The lowest BCUT2D eigenvalue weighted by Gasteiger charge is -2.36. The lowest BCUT2D eigenvalue weighted by Crippen LogP contribution is -2.50. The van der Waals surface area contributed by atoms with E-state index in [2.05, 4.69) is 54.2 Å². The number of hydrogen-bond donors (Lipinski definition) is 0. The van der Waals surface area contributed by atoms with Crippen LogP contribution in [0.15, 0.2) is 30.6 Å². The van der Waals surface area contributed by atoms with Crippen LogP contribution in [0.2, 0.25) is 0 Å². The molecule has 33 heavy (non-hydrogen) atoms. The zero-order chi connectivity index (χ0) is 23.8. The summed E-state index contributed by atoms with van der Waals surface area (Å²) in [6.45, 7) is 10.3. The molecule has 0 aliphatic carbocycles. The average molecular weight is 581 g/mol. The molecule has 1 fully saturated rings. The molecule has 1 aliphatic heterocycles. The van der Waals surface area contributed by atoms with E-state index in [1.807, 2.05) is 39.1 Å². The summed E-state index contributed by atoms with van der Waals surface area (Å²) in [5.74, 6) is 1.39. The number of piperazine rings is 1. The van der Waals surface area contributed by atoms with Gasteiger partial charge in [-0.05, 0) is 51.5 Å². The highest BCUT2D eigenvalue weighted by Crippen LogP contribution is 2.34. The van der Waals surface area contributed by atoms with Gasteiger partial charge in [0.25, 0.3) is 0 Å². The molecule has 1 amide bonds. The van der Waals surface area contributed by atoms with Crippen LogP contribution in [0.1, 0.15) is 26.3 Å². The number of aromatic nitrogens is 3. The van der Waals surface area contributed by atoms with Crippen molar-refractivity contribution in [2.45, 2.75) is 33.3 Å². The standard InChI is InChI=1S/C23H28IN5O3S/c1-15-14-29(33-24)20-18(15)12-16(13-25-20)17-6-7-19(26-21(17)31-5)27-8-10-28(11-9-27)22(30)32-23(2,3)4/h6-7,12-14H,8-11H2,1-5H3. The number of aryl methyl sites for hydroxylation is 1. The van der Waals surface area contributed by atoms with Gasteiger partial charge in [-0.25, -0.2) is 9.78 Å². The molecule has 0 saturated carbocycles. The van der Waals surface area contributed by atoms with Crippen molar-refractivity contribution < 1.29 is 14.3 Å². The lowest BCUT2D eigenvalue weighted by molar-refractivity contribution is 0.0240. The third-order valence-corrected chi connectivity index (χ3v) is 7.19. The first kappa shape index (κ1) is 23.9. The fourth-order valence-corrected chi connectivity index (χ4v) is 5.17. The highest BCUT2D eigenvalue weighted by atomic mass is 127. The molecule has 0 spiro atoms. The average Bonchev–Trinajstić information content (AvgIpc) is 3.12. The molecular formula is C23H28IN5O3S. The number of carbonyl (C=O) groups is 1. The monoisotopic (exact) mass is 581 g/mol.